The van der Waals surface area contributed by atoms with Crippen molar-refractivity contribution < 1.29 is 18.4 Å². The number of primary amides is 1. The molecule has 9 heteroatoms. The van der Waals surface area contributed by atoms with Gasteiger partial charge >= 0.3 is 6.03 Å². The van der Waals surface area contributed by atoms with Crippen LogP contribution in [-0.2, 0) is 11.2 Å². The lowest BCUT2D eigenvalue weighted by Gasteiger charge is -2.29. The molecule has 0 aromatic heterocycles. The van der Waals surface area contributed by atoms with Crippen LogP contribution < -0.4 is 11.1 Å². The molecule has 2 saturated carbocycles. The number of hydrogen-bond donors (Lipinski definition) is 2. The normalized spacial score (nSPS) is 28.4. The minimum Gasteiger partial charge on any atom is -0.351 e. The van der Waals surface area contributed by atoms with Gasteiger partial charge in [0.05, 0.1) is 6.07 Å². The Morgan fingerprint density at radius 1 is 1.33 bits per heavy atom. The number of nitriles is 1. The largest absolute Gasteiger partial charge is 0.351 e. The van der Waals surface area contributed by atoms with Crippen LogP contribution in [0.1, 0.15) is 31.2 Å². The summed E-state index contributed by atoms with van der Waals surface area (Å²) in [6.45, 7) is 0.767. The molecule has 0 bridgehead atoms. The lowest BCUT2D eigenvalue weighted by molar-refractivity contribution is -0.131. The van der Waals surface area contributed by atoms with Gasteiger partial charge in [-0.2, -0.15) is 5.26 Å². The summed E-state index contributed by atoms with van der Waals surface area (Å²) in [6, 6.07) is 10.0. The molecule has 0 radical (unpaired) electrons. The number of carbonyl (C=O) groups excluding carboxylic acids is 2. The van der Waals surface area contributed by atoms with Crippen molar-refractivity contribution in [2.24, 2.45) is 23.0 Å². The summed E-state index contributed by atoms with van der Waals surface area (Å²) in [6.07, 6.45) is 0.588. The van der Waals surface area contributed by atoms with Gasteiger partial charge < -0.3 is 20.9 Å². The number of urea groups is 1. The van der Waals surface area contributed by atoms with Gasteiger partial charge in [0.15, 0.2) is 0 Å². The van der Waals surface area contributed by atoms with E-state index in [1.165, 1.54) is 0 Å². The van der Waals surface area contributed by atoms with E-state index in [2.05, 4.69) is 11.4 Å². The number of amides is 3. The lowest BCUT2D eigenvalue weighted by Crippen LogP contribution is -2.45. The second kappa shape index (κ2) is 8.24. The molecule has 3 N–H and O–H groups in total. The van der Waals surface area contributed by atoms with Gasteiger partial charge in [0.25, 0.3) is 5.92 Å². The Kier molecular flexibility index (Phi) is 5.85. The van der Waals surface area contributed by atoms with Gasteiger partial charge in [0, 0.05) is 43.3 Å². The quantitative estimate of drug-likeness (QED) is 0.623. The Morgan fingerprint density at radius 3 is 2.55 bits per heavy atom. The number of nitrogens with two attached hydrogens (primary N) is 1. The van der Waals surface area contributed by atoms with Crippen LogP contribution >= 0.6 is 0 Å². The number of hydrogen-bond acceptors (Lipinski definition) is 4. The van der Waals surface area contributed by atoms with E-state index in [0.29, 0.717) is 37.9 Å². The van der Waals surface area contributed by atoms with E-state index in [0.717, 1.165) is 0 Å². The molecule has 178 valence electrons. The molecule has 1 aromatic rings. The third kappa shape index (κ3) is 4.67. The third-order valence-corrected chi connectivity index (χ3v) is 7.63. The van der Waals surface area contributed by atoms with E-state index in [1.54, 1.807) is 35.2 Å². The number of carbonyl (C=O) groups is 2. The fraction of sp³-hybridized carbons (Fsp3) is 0.625. The van der Waals surface area contributed by atoms with Crippen molar-refractivity contribution >= 4 is 11.9 Å². The average Bonchev–Trinajstić information content (AvgIpc) is 3.62. The molecular weight excluding hydrogens is 428 g/mol. The van der Waals surface area contributed by atoms with E-state index in [4.69, 9.17) is 5.73 Å². The molecule has 7 nitrogen and oxygen atoms in total. The highest BCUT2D eigenvalue weighted by Gasteiger charge is 2.68. The summed E-state index contributed by atoms with van der Waals surface area (Å²) < 4.78 is 30.5. The summed E-state index contributed by atoms with van der Waals surface area (Å²) in [4.78, 5) is 28.7. The number of halogens is 2. The number of likely N-dealkylation sites (N-methyl/N-ethyl adjacent to an activating group) is 1. The van der Waals surface area contributed by atoms with Gasteiger partial charge in [0.2, 0.25) is 5.91 Å². The highest BCUT2D eigenvalue weighted by atomic mass is 19.3. The van der Waals surface area contributed by atoms with Gasteiger partial charge in [-0.3, -0.25) is 4.79 Å². The first kappa shape index (κ1) is 23.4. The van der Waals surface area contributed by atoms with Crippen molar-refractivity contribution in [3.63, 3.8) is 0 Å². The van der Waals surface area contributed by atoms with Crippen LogP contribution in [0.2, 0.25) is 0 Å². The molecule has 4 atom stereocenters. The fourth-order valence-corrected chi connectivity index (χ4v) is 5.64. The smallest absolute Gasteiger partial charge is 0.314 e. The minimum atomic E-state index is -3.09. The first-order chi connectivity index (χ1) is 15.5. The third-order valence-electron chi connectivity index (χ3n) is 7.63. The molecule has 2 aliphatic carbocycles. The predicted octanol–water partition coefficient (Wildman–Crippen LogP) is 2.37. The maximum atomic E-state index is 15.2. The molecule has 4 rings (SSSR count). The van der Waals surface area contributed by atoms with Gasteiger partial charge in [0.1, 0.15) is 5.54 Å². The standard InChI is InChI=1S/C24H31F2N5O2/c1-30(2)19-13-31(21(28)33)15-23(19)12-18(23)17(20(32)29-22(14-27)8-9-22)11-24(25,26)10-16-6-4-3-5-7-16/h3-7,17-19H,8-13,15H2,1-2H3,(H2,28,33)(H,29,32)/t17-,18?,19?,23?/m0/s1. The molecule has 3 fully saturated rings. The monoisotopic (exact) mass is 459 g/mol. The summed E-state index contributed by atoms with van der Waals surface area (Å²) >= 11 is 0. The molecule has 1 spiro atoms. The topological polar surface area (TPSA) is 102 Å². The Balaban J connectivity index is 1.58. The maximum Gasteiger partial charge on any atom is 0.314 e. The highest BCUT2D eigenvalue weighted by molar-refractivity contribution is 5.81. The van der Waals surface area contributed by atoms with Crippen molar-refractivity contribution in [1.82, 2.24) is 15.1 Å². The predicted molar refractivity (Wildman–Crippen MR) is 118 cm³/mol. The first-order valence-electron chi connectivity index (χ1n) is 11.4. The molecule has 1 aromatic carbocycles. The van der Waals surface area contributed by atoms with E-state index in [9.17, 15) is 14.9 Å². The van der Waals surface area contributed by atoms with E-state index >= 15 is 8.78 Å². The number of benzene rings is 1. The minimum absolute atomic E-state index is 0.0705. The van der Waals surface area contributed by atoms with Crippen molar-refractivity contribution in [1.29, 1.82) is 5.26 Å². The van der Waals surface area contributed by atoms with Crippen LogP contribution in [0.15, 0.2) is 30.3 Å². The lowest BCUT2D eigenvalue weighted by atomic mass is 9.85. The van der Waals surface area contributed by atoms with Crippen molar-refractivity contribution in [2.75, 3.05) is 27.2 Å². The zero-order chi connectivity index (χ0) is 24.0. The Labute approximate surface area is 192 Å². The van der Waals surface area contributed by atoms with Crippen LogP contribution in [0.3, 0.4) is 0 Å². The maximum absolute atomic E-state index is 15.2. The van der Waals surface area contributed by atoms with Crippen molar-refractivity contribution in [2.45, 2.75) is 49.6 Å². The zero-order valence-corrected chi connectivity index (χ0v) is 19.1. The molecule has 33 heavy (non-hydrogen) atoms. The van der Waals surface area contributed by atoms with Crippen LogP contribution in [0.5, 0.6) is 0 Å². The second-order valence-corrected chi connectivity index (χ2v) is 10.3. The van der Waals surface area contributed by atoms with E-state index in [-0.39, 0.29) is 12.0 Å². The van der Waals surface area contributed by atoms with Crippen LogP contribution in [0.4, 0.5) is 13.6 Å². The van der Waals surface area contributed by atoms with Crippen LogP contribution in [-0.4, -0.2) is 66.4 Å². The van der Waals surface area contributed by atoms with Crippen molar-refractivity contribution in [3.05, 3.63) is 35.9 Å². The Bertz CT molecular complexity index is 959. The van der Waals surface area contributed by atoms with Crippen LogP contribution in [0, 0.1) is 28.6 Å². The molecule has 3 aliphatic rings. The van der Waals surface area contributed by atoms with Gasteiger partial charge in [-0.15, -0.1) is 0 Å². The molecule has 1 heterocycles. The zero-order valence-electron chi connectivity index (χ0n) is 19.1. The van der Waals surface area contributed by atoms with Gasteiger partial charge in [-0.1, -0.05) is 30.3 Å². The molecule has 1 saturated heterocycles. The summed E-state index contributed by atoms with van der Waals surface area (Å²) in [5.74, 6) is -4.85. The molecule has 1 aliphatic heterocycles. The Hall–Kier alpha value is -2.73. The number of alkyl halides is 2. The fourth-order valence-electron chi connectivity index (χ4n) is 5.64. The van der Waals surface area contributed by atoms with Crippen LogP contribution in [0.25, 0.3) is 0 Å². The van der Waals surface area contributed by atoms with Crippen molar-refractivity contribution in [3.8, 4) is 6.07 Å². The Morgan fingerprint density at radius 2 is 2.00 bits per heavy atom. The first-order valence-corrected chi connectivity index (χ1v) is 11.4. The number of likely N-dealkylation sites (tertiary alicyclic amines) is 1. The number of rotatable bonds is 8. The van der Waals surface area contributed by atoms with Gasteiger partial charge in [-0.05, 0) is 44.8 Å². The van der Waals surface area contributed by atoms with E-state index in [1.807, 2.05) is 19.0 Å². The highest BCUT2D eigenvalue weighted by Crippen LogP contribution is 2.64. The molecule has 3 amide bonds. The summed E-state index contributed by atoms with van der Waals surface area (Å²) in [5, 5.41) is 12.2. The summed E-state index contributed by atoms with van der Waals surface area (Å²) in [5.41, 5.74) is 4.65. The second-order valence-electron chi connectivity index (χ2n) is 10.3. The van der Waals surface area contributed by atoms with Gasteiger partial charge in [-0.25, -0.2) is 13.6 Å². The number of nitrogens with zero attached hydrogens (tertiary/aromatic N) is 3. The van der Waals surface area contributed by atoms with E-state index < -0.39 is 47.6 Å². The molecular formula is C24H31F2N5O2. The number of nitrogens with one attached hydrogen (secondary N) is 1. The summed E-state index contributed by atoms with van der Waals surface area (Å²) in [7, 11) is 3.78. The SMILES string of the molecule is CN(C)C1CN(C(N)=O)CC12CC2[C@H](CC(F)(F)Cc1ccccc1)C(=O)NC1(C#N)CC1. The molecule has 3 unspecified atom stereocenters. The average molecular weight is 460 g/mol.